The van der Waals surface area contributed by atoms with Crippen LogP contribution in [0.25, 0.3) is 10.8 Å². The van der Waals surface area contributed by atoms with Crippen LogP contribution in [0.5, 0.6) is 5.88 Å². The first-order chi connectivity index (χ1) is 6.83. The van der Waals surface area contributed by atoms with Crippen molar-refractivity contribution in [1.29, 1.82) is 0 Å². The first kappa shape index (κ1) is 9.46. The Morgan fingerprint density at radius 1 is 1.36 bits per heavy atom. The van der Waals surface area contributed by atoms with Crippen LogP contribution in [0, 0.1) is 0 Å². The maximum atomic E-state index is 5.46. The van der Waals surface area contributed by atoms with E-state index in [0.29, 0.717) is 12.5 Å². The minimum Gasteiger partial charge on any atom is -0.477 e. The SMILES string of the molecule is CCOc1nccc2cccc(Br)c12. The van der Waals surface area contributed by atoms with Gasteiger partial charge in [-0.3, -0.25) is 0 Å². The largest absolute Gasteiger partial charge is 0.477 e. The number of pyridine rings is 1. The number of benzene rings is 1. The molecule has 0 aliphatic carbocycles. The minimum absolute atomic E-state index is 0.632. The number of fused-ring (bicyclic) bond motifs is 1. The van der Waals surface area contributed by atoms with Crippen molar-refractivity contribution in [1.82, 2.24) is 4.98 Å². The molecular formula is C11H10BrNO. The van der Waals surface area contributed by atoms with E-state index >= 15 is 0 Å². The van der Waals surface area contributed by atoms with Crippen LogP contribution in [-0.4, -0.2) is 11.6 Å². The first-order valence-corrected chi connectivity index (χ1v) is 5.28. The Bertz CT molecular complexity index is 451. The number of rotatable bonds is 2. The van der Waals surface area contributed by atoms with Gasteiger partial charge in [0.05, 0.1) is 12.0 Å². The molecule has 0 radical (unpaired) electrons. The standard InChI is InChI=1S/C11H10BrNO/c1-2-14-11-10-8(6-7-13-11)4-3-5-9(10)12/h3-7H,2H2,1H3. The van der Waals surface area contributed by atoms with Crippen molar-refractivity contribution < 1.29 is 4.74 Å². The molecule has 3 heteroatoms. The van der Waals surface area contributed by atoms with Crippen molar-refractivity contribution in [3.05, 3.63) is 34.9 Å². The maximum Gasteiger partial charge on any atom is 0.222 e. The monoisotopic (exact) mass is 251 g/mol. The van der Waals surface area contributed by atoms with Gasteiger partial charge in [0.15, 0.2) is 0 Å². The summed E-state index contributed by atoms with van der Waals surface area (Å²) >= 11 is 3.50. The molecule has 0 unspecified atom stereocenters. The molecule has 0 bridgehead atoms. The quantitative estimate of drug-likeness (QED) is 0.817. The summed E-state index contributed by atoms with van der Waals surface area (Å²) in [4.78, 5) is 4.21. The Morgan fingerprint density at radius 2 is 2.21 bits per heavy atom. The van der Waals surface area contributed by atoms with E-state index in [1.165, 1.54) is 0 Å². The summed E-state index contributed by atoms with van der Waals surface area (Å²) in [5.74, 6) is 0.692. The number of aromatic nitrogens is 1. The Labute approximate surface area is 91.0 Å². The van der Waals surface area contributed by atoms with E-state index in [1.54, 1.807) is 6.20 Å². The smallest absolute Gasteiger partial charge is 0.222 e. The predicted molar refractivity (Wildman–Crippen MR) is 60.6 cm³/mol. The average molecular weight is 252 g/mol. The lowest BCUT2D eigenvalue weighted by atomic mass is 10.2. The van der Waals surface area contributed by atoms with Gasteiger partial charge in [-0.05, 0) is 40.4 Å². The van der Waals surface area contributed by atoms with Crippen LogP contribution >= 0.6 is 15.9 Å². The minimum atomic E-state index is 0.632. The molecule has 0 aliphatic heterocycles. The third-order valence-corrected chi connectivity index (χ3v) is 2.65. The second kappa shape index (κ2) is 3.96. The Kier molecular flexibility index (Phi) is 2.68. The third kappa shape index (κ3) is 1.60. The van der Waals surface area contributed by atoms with E-state index in [9.17, 15) is 0 Å². The lowest BCUT2D eigenvalue weighted by Gasteiger charge is -2.06. The molecule has 0 amide bonds. The van der Waals surface area contributed by atoms with Gasteiger partial charge in [-0.1, -0.05) is 12.1 Å². The van der Waals surface area contributed by atoms with Gasteiger partial charge in [0.25, 0.3) is 0 Å². The fraction of sp³-hybridized carbons (Fsp3) is 0.182. The summed E-state index contributed by atoms with van der Waals surface area (Å²) in [7, 11) is 0. The van der Waals surface area contributed by atoms with Crippen molar-refractivity contribution in [2.24, 2.45) is 0 Å². The fourth-order valence-corrected chi connectivity index (χ4v) is 1.95. The summed E-state index contributed by atoms with van der Waals surface area (Å²) in [5, 5.41) is 2.18. The van der Waals surface area contributed by atoms with Crippen molar-refractivity contribution in [2.75, 3.05) is 6.61 Å². The van der Waals surface area contributed by atoms with Crippen LogP contribution in [0.4, 0.5) is 0 Å². The molecule has 14 heavy (non-hydrogen) atoms. The van der Waals surface area contributed by atoms with Crippen LogP contribution in [0.1, 0.15) is 6.92 Å². The first-order valence-electron chi connectivity index (χ1n) is 4.49. The van der Waals surface area contributed by atoms with E-state index in [2.05, 4.69) is 20.9 Å². The normalized spacial score (nSPS) is 10.4. The van der Waals surface area contributed by atoms with Crippen LogP contribution < -0.4 is 4.74 Å². The van der Waals surface area contributed by atoms with Crippen molar-refractivity contribution in [3.63, 3.8) is 0 Å². The second-order valence-electron chi connectivity index (χ2n) is 2.89. The zero-order valence-corrected chi connectivity index (χ0v) is 9.41. The molecule has 1 heterocycles. The van der Waals surface area contributed by atoms with Crippen molar-refractivity contribution >= 4 is 26.7 Å². The van der Waals surface area contributed by atoms with Crippen molar-refractivity contribution in [2.45, 2.75) is 6.92 Å². The highest BCUT2D eigenvalue weighted by Gasteiger charge is 2.05. The molecule has 1 aromatic heterocycles. The van der Waals surface area contributed by atoms with Gasteiger partial charge in [-0.15, -0.1) is 0 Å². The Balaban J connectivity index is 2.71. The van der Waals surface area contributed by atoms with E-state index in [0.717, 1.165) is 15.2 Å². The molecule has 0 fully saturated rings. The van der Waals surface area contributed by atoms with E-state index in [4.69, 9.17) is 4.74 Å². The molecule has 0 saturated heterocycles. The zero-order chi connectivity index (χ0) is 9.97. The molecule has 2 nitrogen and oxygen atoms in total. The number of halogens is 1. The van der Waals surface area contributed by atoms with Crippen LogP contribution in [0.2, 0.25) is 0 Å². The highest BCUT2D eigenvalue weighted by Crippen LogP contribution is 2.30. The number of hydrogen-bond acceptors (Lipinski definition) is 2. The Hall–Kier alpha value is -1.09. The van der Waals surface area contributed by atoms with Gasteiger partial charge in [0, 0.05) is 10.7 Å². The number of hydrogen-bond donors (Lipinski definition) is 0. The summed E-state index contributed by atoms with van der Waals surface area (Å²) in [6, 6.07) is 8.02. The number of nitrogens with zero attached hydrogens (tertiary/aromatic N) is 1. The molecule has 2 rings (SSSR count). The lowest BCUT2D eigenvalue weighted by Crippen LogP contribution is -1.95. The molecule has 0 aliphatic rings. The molecule has 2 aromatic rings. The Morgan fingerprint density at radius 3 is 3.00 bits per heavy atom. The molecule has 0 N–H and O–H groups in total. The van der Waals surface area contributed by atoms with Crippen LogP contribution in [0.15, 0.2) is 34.9 Å². The molecule has 1 aromatic carbocycles. The molecule has 0 spiro atoms. The molecule has 0 saturated carbocycles. The second-order valence-corrected chi connectivity index (χ2v) is 3.74. The van der Waals surface area contributed by atoms with Crippen LogP contribution in [0.3, 0.4) is 0 Å². The van der Waals surface area contributed by atoms with E-state index in [1.807, 2.05) is 31.2 Å². The van der Waals surface area contributed by atoms with E-state index in [-0.39, 0.29) is 0 Å². The fourth-order valence-electron chi connectivity index (χ4n) is 1.40. The van der Waals surface area contributed by atoms with Gasteiger partial charge >= 0.3 is 0 Å². The molecule has 72 valence electrons. The van der Waals surface area contributed by atoms with Crippen LogP contribution in [-0.2, 0) is 0 Å². The zero-order valence-electron chi connectivity index (χ0n) is 7.83. The maximum absolute atomic E-state index is 5.46. The number of ether oxygens (including phenoxy) is 1. The van der Waals surface area contributed by atoms with Gasteiger partial charge in [0.2, 0.25) is 5.88 Å². The summed E-state index contributed by atoms with van der Waals surface area (Å²) in [6.07, 6.45) is 1.76. The third-order valence-electron chi connectivity index (χ3n) is 1.99. The van der Waals surface area contributed by atoms with Gasteiger partial charge in [0.1, 0.15) is 0 Å². The molecular weight excluding hydrogens is 242 g/mol. The van der Waals surface area contributed by atoms with Gasteiger partial charge < -0.3 is 4.74 Å². The predicted octanol–water partition coefficient (Wildman–Crippen LogP) is 3.40. The van der Waals surface area contributed by atoms with Gasteiger partial charge in [-0.2, -0.15) is 0 Å². The van der Waals surface area contributed by atoms with E-state index < -0.39 is 0 Å². The molecule has 0 atom stereocenters. The summed E-state index contributed by atoms with van der Waals surface area (Å²) in [5.41, 5.74) is 0. The average Bonchev–Trinajstić information content (AvgIpc) is 2.19. The summed E-state index contributed by atoms with van der Waals surface area (Å²) < 4.78 is 6.48. The van der Waals surface area contributed by atoms with Crippen molar-refractivity contribution in [3.8, 4) is 5.88 Å². The highest BCUT2D eigenvalue weighted by atomic mass is 79.9. The van der Waals surface area contributed by atoms with Gasteiger partial charge in [-0.25, -0.2) is 4.98 Å². The lowest BCUT2D eigenvalue weighted by molar-refractivity contribution is 0.331. The highest BCUT2D eigenvalue weighted by molar-refractivity contribution is 9.10. The summed E-state index contributed by atoms with van der Waals surface area (Å²) in [6.45, 7) is 2.59. The topological polar surface area (TPSA) is 22.1 Å².